The monoisotopic (exact) mass is 445 g/mol. The van der Waals surface area contributed by atoms with Crippen molar-refractivity contribution in [2.75, 3.05) is 0 Å². The van der Waals surface area contributed by atoms with Crippen LogP contribution >= 0.6 is 0 Å². The van der Waals surface area contributed by atoms with Crippen LogP contribution in [-0.2, 0) is 28.8 Å². The average molecular weight is 446 g/mol. The van der Waals surface area contributed by atoms with Gasteiger partial charge in [0.25, 0.3) is 6.47 Å². The first-order valence-electron chi connectivity index (χ1n) is 11.4. The normalized spacial score (nSPS) is 42.5. The van der Waals surface area contributed by atoms with Gasteiger partial charge in [0.15, 0.2) is 11.5 Å². The van der Waals surface area contributed by atoms with Gasteiger partial charge >= 0.3 is 0 Å². The van der Waals surface area contributed by atoms with Gasteiger partial charge in [0.2, 0.25) is 18.3 Å². The lowest BCUT2D eigenvalue weighted by atomic mass is 9.58. The molecule has 32 heavy (non-hydrogen) atoms. The molecule has 8 heteroatoms. The Morgan fingerprint density at radius 3 is 2.75 bits per heavy atom. The van der Waals surface area contributed by atoms with Gasteiger partial charge in [0, 0.05) is 29.7 Å². The molecule has 1 aromatic carbocycles. The van der Waals surface area contributed by atoms with Gasteiger partial charge in [-0.3, -0.25) is 4.79 Å². The van der Waals surface area contributed by atoms with E-state index in [9.17, 15) is 9.90 Å². The Labute approximate surface area is 187 Å². The minimum atomic E-state index is -0.932. The number of phenols is 1. The predicted octanol–water partition coefficient (Wildman–Crippen LogP) is 4.15. The maximum Gasteiger partial charge on any atom is 0.295 e. The second-order valence-electron chi connectivity index (χ2n) is 9.97. The Morgan fingerprint density at radius 1 is 1.19 bits per heavy atom. The summed E-state index contributed by atoms with van der Waals surface area (Å²) in [6.45, 7) is 8.43. The van der Waals surface area contributed by atoms with E-state index in [1.165, 1.54) is 0 Å². The van der Waals surface area contributed by atoms with E-state index in [0.717, 1.165) is 31.2 Å². The number of carbonyl (C=O) groups excluding carboxylic acids is 1. The molecule has 1 saturated carbocycles. The zero-order valence-corrected chi connectivity index (χ0v) is 18.9. The number of hydrogen-bond donors (Lipinski definition) is 1. The summed E-state index contributed by atoms with van der Waals surface area (Å²) in [7, 11) is 0. The summed E-state index contributed by atoms with van der Waals surface area (Å²) in [4.78, 5) is 27.9. The van der Waals surface area contributed by atoms with Crippen LogP contribution in [0.25, 0.3) is 0 Å². The highest BCUT2D eigenvalue weighted by Gasteiger charge is 2.69. The quantitative estimate of drug-likeness (QED) is 0.549. The van der Waals surface area contributed by atoms with E-state index < -0.39 is 23.9 Å². The fourth-order valence-corrected chi connectivity index (χ4v) is 6.21. The van der Waals surface area contributed by atoms with Crippen LogP contribution in [0.5, 0.6) is 5.75 Å². The molecule has 1 N–H and O–H groups in total. The molecule has 1 spiro atoms. The van der Waals surface area contributed by atoms with Crippen molar-refractivity contribution in [1.82, 2.24) is 0 Å². The van der Waals surface area contributed by atoms with E-state index >= 15 is 0 Å². The van der Waals surface area contributed by atoms with E-state index in [1.54, 1.807) is 12.1 Å². The third kappa shape index (κ3) is 3.31. The van der Waals surface area contributed by atoms with Crippen molar-refractivity contribution in [2.24, 2.45) is 28.7 Å². The number of benzene rings is 1. The number of carbonyl (C=O) groups is 1. The lowest BCUT2D eigenvalue weighted by Crippen LogP contribution is -2.69. The van der Waals surface area contributed by atoms with E-state index in [1.807, 2.05) is 19.9 Å². The van der Waals surface area contributed by atoms with Gasteiger partial charge in [-0.25, -0.2) is 14.8 Å². The molecule has 8 nitrogen and oxygen atoms in total. The van der Waals surface area contributed by atoms with Gasteiger partial charge in [0.1, 0.15) is 5.75 Å². The maximum atomic E-state index is 11.3. The molecule has 6 rings (SSSR count). The fourth-order valence-electron chi connectivity index (χ4n) is 6.21. The standard InChI is InChI=1S/C24H31NO7/c1-13-9-16(11-17(27)10-13)21(28-12-26)25-20-15(3)19-6-5-14(2)18-7-8-23(4)30-22(29-20)24(18,19)32-31-23/h9-12,14-15,18-19,21-22,27H,5-8H2,1-4H3/t14-,15-,18?,19?,21?,22-,23-,24?/m0/s1. The first-order chi connectivity index (χ1) is 15.3. The number of ether oxygens (including phenoxy) is 3. The summed E-state index contributed by atoms with van der Waals surface area (Å²) in [5, 5.41) is 10.0. The number of phenolic OH excluding ortho intramolecular Hbond substituents is 1. The smallest absolute Gasteiger partial charge is 0.295 e. The maximum absolute atomic E-state index is 11.3. The number of hydrogen-bond acceptors (Lipinski definition) is 8. The minimum absolute atomic E-state index is 0.0863. The molecular formula is C24H31NO7. The predicted molar refractivity (Wildman–Crippen MR) is 113 cm³/mol. The summed E-state index contributed by atoms with van der Waals surface area (Å²) in [5.41, 5.74) is 0.723. The molecular weight excluding hydrogens is 414 g/mol. The zero-order chi connectivity index (χ0) is 22.7. The van der Waals surface area contributed by atoms with Crippen molar-refractivity contribution in [3.05, 3.63) is 29.3 Å². The Kier molecular flexibility index (Phi) is 5.22. The van der Waals surface area contributed by atoms with E-state index in [0.29, 0.717) is 23.9 Å². The zero-order valence-electron chi connectivity index (χ0n) is 18.9. The topological polar surface area (TPSA) is 95.8 Å². The summed E-state index contributed by atoms with van der Waals surface area (Å²) in [6, 6.07) is 5.00. The molecule has 4 unspecified atom stereocenters. The second-order valence-corrected chi connectivity index (χ2v) is 9.97. The molecule has 4 heterocycles. The highest BCUT2D eigenvalue weighted by Crippen LogP contribution is 2.60. The highest BCUT2D eigenvalue weighted by atomic mass is 17.3. The molecule has 1 aliphatic carbocycles. The van der Waals surface area contributed by atoms with Crippen LogP contribution < -0.4 is 0 Å². The third-order valence-corrected chi connectivity index (χ3v) is 7.79. The van der Waals surface area contributed by atoms with Gasteiger partial charge in [-0.2, -0.15) is 0 Å². The van der Waals surface area contributed by atoms with Gasteiger partial charge in [0.05, 0.1) is 0 Å². The molecule has 4 saturated heterocycles. The van der Waals surface area contributed by atoms with Gasteiger partial charge in [-0.15, -0.1) is 0 Å². The van der Waals surface area contributed by atoms with Crippen molar-refractivity contribution >= 4 is 12.4 Å². The van der Waals surface area contributed by atoms with Gasteiger partial charge in [-0.1, -0.05) is 19.9 Å². The lowest BCUT2D eigenvalue weighted by Gasteiger charge is -2.58. The van der Waals surface area contributed by atoms with E-state index in [4.69, 9.17) is 29.0 Å². The number of aryl methyl sites for hydroxylation is 1. The summed E-state index contributed by atoms with van der Waals surface area (Å²) < 4.78 is 18.0. The van der Waals surface area contributed by atoms with E-state index in [2.05, 4.69) is 13.8 Å². The van der Waals surface area contributed by atoms with Gasteiger partial charge in [-0.05, 0) is 56.7 Å². The van der Waals surface area contributed by atoms with Crippen LogP contribution in [-0.4, -0.2) is 35.2 Å². The molecule has 5 aliphatic rings. The van der Waals surface area contributed by atoms with Crippen LogP contribution in [0.4, 0.5) is 0 Å². The number of fused-ring (bicyclic) bond motifs is 2. The Balaban J connectivity index is 1.54. The second kappa shape index (κ2) is 7.71. The molecule has 0 aromatic heterocycles. The Bertz CT molecular complexity index is 915. The van der Waals surface area contributed by atoms with Crippen molar-refractivity contribution in [3.63, 3.8) is 0 Å². The fraction of sp³-hybridized carbons (Fsp3) is 0.667. The van der Waals surface area contributed by atoms with Crippen molar-refractivity contribution < 1.29 is 33.9 Å². The molecule has 1 aromatic rings. The first kappa shape index (κ1) is 21.7. The average Bonchev–Trinajstić information content (AvgIpc) is 2.96. The molecule has 0 amide bonds. The molecule has 174 valence electrons. The van der Waals surface area contributed by atoms with Gasteiger partial charge < -0.3 is 19.3 Å². The summed E-state index contributed by atoms with van der Waals surface area (Å²) in [6.07, 6.45) is 2.12. The Hall–Kier alpha value is -2.16. The molecule has 5 fully saturated rings. The van der Waals surface area contributed by atoms with Crippen molar-refractivity contribution in [2.45, 2.75) is 77.3 Å². The van der Waals surface area contributed by atoms with Crippen LogP contribution in [0, 0.1) is 30.6 Å². The lowest BCUT2D eigenvalue weighted by molar-refractivity contribution is -0.557. The number of aliphatic imine (C=N–C) groups is 1. The summed E-state index contributed by atoms with van der Waals surface area (Å²) in [5.74, 6) is 0.408. The minimum Gasteiger partial charge on any atom is -0.508 e. The summed E-state index contributed by atoms with van der Waals surface area (Å²) >= 11 is 0. The van der Waals surface area contributed by atoms with Crippen LogP contribution in [0.2, 0.25) is 0 Å². The molecule has 8 atom stereocenters. The van der Waals surface area contributed by atoms with Crippen molar-refractivity contribution in [3.8, 4) is 5.75 Å². The molecule has 0 radical (unpaired) electrons. The molecule has 4 aliphatic heterocycles. The Morgan fingerprint density at radius 2 is 2.00 bits per heavy atom. The van der Waals surface area contributed by atoms with Crippen LogP contribution in [0.15, 0.2) is 23.2 Å². The third-order valence-electron chi connectivity index (χ3n) is 7.79. The SMILES string of the molecule is Cc1cc(O)cc(C(N=C2O[C@H]3O[C@]4(C)CCC5[C@@H](C)CCC([C@@H]2C)C53OO4)OC=O)c1. The highest BCUT2D eigenvalue weighted by molar-refractivity contribution is 5.80. The number of rotatable bonds is 4. The number of nitrogens with zero attached hydrogens (tertiary/aromatic N) is 1. The van der Waals surface area contributed by atoms with E-state index in [-0.39, 0.29) is 23.5 Å². The van der Waals surface area contributed by atoms with Crippen LogP contribution in [0.3, 0.4) is 0 Å². The van der Waals surface area contributed by atoms with Crippen molar-refractivity contribution in [1.29, 1.82) is 0 Å². The van der Waals surface area contributed by atoms with Crippen LogP contribution in [0.1, 0.15) is 63.8 Å². The largest absolute Gasteiger partial charge is 0.508 e. The first-order valence-corrected chi connectivity index (χ1v) is 11.4. The number of aromatic hydroxyl groups is 1. The molecule has 2 bridgehead atoms.